The second-order valence-electron chi connectivity index (χ2n) is 7.99. The Balaban J connectivity index is 4.03. The lowest BCUT2D eigenvalue weighted by Gasteiger charge is -2.08. The van der Waals surface area contributed by atoms with Crippen LogP contribution < -0.4 is 0 Å². The maximum atomic E-state index is 9.74. The molecule has 0 saturated carbocycles. The van der Waals surface area contributed by atoms with Gasteiger partial charge < -0.3 is 5.11 Å². The molecule has 1 N–H and O–H groups in total. The molecule has 0 aliphatic carbocycles. The highest BCUT2D eigenvalue weighted by molar-refractivity contribution is 5.07. The van der Waals surface area contributed by atoms with Crippen LogP contribution >= 0.6 is 0 Å². The van der Waals surface area contributed by atoms with Gasteiger partial charge in [0.05, 0.1) is 6.10 Å². The van der Waals surface area contributed by atoms with Gasteiger partial charge in [0, 0.05) is 0 Å². The summed E-state index contributed by atoms with van der Waals surface area (Å²) in [6, 6.07) is 0. The number of hydrogen-bond donors (Lipinski definition) is 1. The molecule has 0 bridgehead atoms. The number of hydrogen-bond acceptors (Lipinski definition) is 1. The highest BCUT2D eigenvalue weighted by Crippen LogP contribution is 2.14. The maximum Gasteiger partial charge on any atom is 0.0747 e. The van der Waals surface area contributed by atoms with E-state index in [1.807, 2.05) is 6.92 Å². The van der Waals surface area contributed by atoms with Crippen molar-refractivity contribution in [3.05, 3.63) is 58.7 Å². The van der Waals surface area contributed by atoms with Crippen molar-refractivity contribution < 1.29 is 5.11 Å². The molecule has 0 aromatic heterocycles. The second-order valence-corrected chi connectivity index (χ2v) is 7.99. The lowest BCUT2D eigenvalue weighted by Crippen LogP contribution is -2.05. The first-order valence-electron chi connectivity index (χ1n) is 10.2. The number of aliphatic hydroxyl groups is 1. The first-order valence-corrected chi connectivity index (χ1v) is 10.2. The fourth-order valence-corrected chi connectivity index (χ4v) is 2.72. The molecule has 0 saturated heterocycles. The van der Waals surface area contributed by atoms with Crippen LogP contribution in [-0.2, 0) is 0 Å². The maximum absolute atomic E-state index is 9.74. The van der Waals surface area contributed by atoms with Gasteiger partial charge in [0.2, 0.25) is 0 Å². The van der Waals surface area contributed by atoms with E-state index >= 15 is 0 Å². The molecule has 0 aromatic rings. The molecule has 0 amide bonds. The molecule has 0 rings (SSSR count). The van der Waals surface area contributed by atoms with Gasteiger partial charge >= 0.3 is 0 Å². The third-order valence-electron chi connectivity index (χ3n) is 4.66. The van der Waals surface area contributed by atoms with Crippen molar-refractivity contribution in [2.24, 2.45) is 0 Å². The third-order valence-corrected chi connectivity index (χ3v) is 4.66. The van der Waals surface area contributed by atoms with Crippen LogP contribution in [0.15, 0.2) is 58.7 Å². The molecule has 1 unspecified atom stereocenters. The average molecular weight is 359 g/mol. The van der Waals surface area contributed by atoms with Crippen LogP contribution in [0, 0.1) is 0 Å². The molecule has 1 heteroatoms. The summed E-state index contributed by atoms with van der Waals surface area (Å²) in [4.78, 5) is 0. The molecule has 1 nitrogen and oxygen atoms in total. The smallest absolute Gasteiger partial charge is 0.0747 e. The van der Waals surface area contributed by atoms with Gasteiger partial charge in [-0.25, -0.2) is 0 Å². The molecule has 0 heterocycles. The van der Waals surface area contributed by atoms with Crippen molar-refractivity contribution in [1.29, 1.82) is 0 Å². The van der Waals surface area contributed by atoms with E-state index in [2.05, 4.69) is 65.5 Å². The minimum absolute atomic E-state index is 0.361. The summed E-state index contributed by atoms with van der Waals surface area (Å²) in [5.41, 5.74) is 6.68. The second kappa shape index (κ2) is 14.8. The summed E-state index contributed by atoms with van der Waals surface area (Å²) in [7, 11) is 0. The number of aliphatic hydroxyl groups excluding tert-OH is 1. The predicted octanol–water partition coefficient (Wildman–Crippen LogP) is 7.85. The number of rotatable bonds is 13. The first kappa shape index (κ1) is 24.7. The predicted molar refractivity (Wildman–Crippen MR) is 118 cm³/mol. The quantitative estimate of drug-likeness (QED) is 0.332. The molecule has 0 radical (unpaired) electrons. The Kier molecular flexibility index (Phi) is 14.0. The summed E-state index contributed by atoms with van der Waals surface area (Å²) in [5.74, 6) is 0. The van der Waals surface area contributed by atoms with E-state index in [1.54, 1.807) is 0 Å². The van der Waals surface area contributed by atoms with Gasteiger partial charge in [-0.15, -0.1) is 0 Å². The van der Waals surface area contributed by atoms with Crippen LogP contribution in [-0.4, -0.2) is 11.2 Å². The zero-order valence-electron chi connectivity index (χ0n) is 18.2. The highest BCUT2D eigenvalue weighted by Gasteiger charge is 2.02. The van der Waals surface area contributed by atoms with Crippen molar-refractivity contribution in [1.82, 2.24) is 0 Å². The van der Waals surface area contributed by atoms with Crippen LogP contribution in [0.25, 0.3) is 0 Å². The van der Waals surface area contributed by atoms with Gasteiger partial charge in [-0.3, -0.25) is 0 Å². The van der Waals surface area contributed by atoms with E-state index in [0.29, 0.717) is 0 Å². The Morgan fingerprint density at radius 1 is 0.692 bits per heavy atom. The van der Waals surface area contributed by atoms with Gasteiger partial charge in [-0.2, -0.15) is 0 Å². The van der Waals surface area contributed by atoms with Crippen molar-refractivity contribution in [2.75, 3.05) is 0 Å². The molecular weight excluding hydrogens is 316 g/mol. The van der Waals surface area contributed by atoms with Gasteiger partial charge in [-0.1, -0.05) is 58.7 Å². The van der Waals surface area contributed by atoms with Gasteiger partial charge in [0.15, 0.2) is 0 Å². The van der Waals surface area contributed by atoms with Crippen LogP contribution in [0.1, 0.15) is 92.9 Å². The van der Waals surface area contributed by atoms with Gasteiger partial charge in [0.1, 0.15) is 0 Å². The zero-order valence-corrected chi connectivity index (χ0v) is 18.2. The standard InChI is InChI=1S/C25H42O/c1-20(2)12-8-13-22(5)14-9-15-23(6)16-10-17-24(7)18-11-19-25(26)21(3)4/h12,14,16,18,25-26H,3,8-11,13,15,17,19H2,1-2,4-7H3. The zero-order chi connectivity index (χ0) is 19.9. The van der Waals surface area contributed by atoms with E-state index in [9.17, 15) is 5.11 Å². The van der Waals surface area contributed by atoms with E-state index in [1.165, 1.54) is 28.7 Å². The lowest BCUT2D eigenvalue weighted by molar-refractivity contribution is 0.202. The summed E-state index contributed by atoms with van der Waals surface area (Å²) in [6.45, 7) is 16.7. The Labute approximate surface area is 163 Å². The molecule has 0 aliphatic heterocycles. The lowest BCUT2D eigenvalue weighted by atomic mass is 10.0. The van der Waals surface area contributed by atoms with Crippen LogP contribution in [0.5, 0.6) is 0 Å². The fraction of sp³-hybridized carbons (Fsp3) is 0.600. The van der Waals surface area contributed by atoms with Gasteiger partial charge in [-0.05, 0) is 92.9 Å². The third kappa shape index (κ3) is 15.0. The molecule has 0 aliphatic rings. The topological polar surface area (TPSA) is 20.2 Å². The largest absolute Gasteiger partial charge is 0.389 e. The molecule has 148 valence electrons. The SMILES string of the molecule is C=C(C)C(O)CCC=C(C)CCC=C(C)CCC=C(C)CCC=C(C)C. The van der Waals surface area contributed by atoms with Crippen LogP contribution in [0.2, 0.25) is 0 Å². The average Bonchev–Trinajstić information content (AvgIpc) is 2.54. The summed E-state index contributed by atoms with van der Waals surface area (Å²) in [5, 5.41) is 9.74. The normalized spacial score (nSPS) is 14.3. The molecule has 0 spiro atoms. The Morgan fingerprint density at radius 2 is 1.08 bits per heavy atom. The van der Waals surface area contributed by atoms with Crippen molar-refractivity contribution in [3.8, 4) is 0 Å². The Bertz CT molecular complexity index is 524. The van der Waals surface area contributed by atoms with E-state index in [-0.39, 0.29) is 6.10 Å². The summed E-state index contributed by atoms with van der Waals surface area (Å²) < 4.78 is 0. The minimum Gasteiger partial charge on any atom is -0.389 e. The van der Waals surface area contributed by atoms with Crippen molar-refractivity contribution in [2.45, 2.75) is 99.0 Å². The van der Waals surface area contributed by atoms with Crippen molar-refractivity contribution in [3.63, 3.8) is 0 Å². The minimum atomic E-state index is -0.361. The van der Waals surface area contributed by atoms with E-state index < -0.39 is 0 Å². The Hall–Kier alpha value is -1.34. The van der Waals surface area contributed by atoms with Crippen LogP contribution in [0.3, 0.4) is 0 Å². The molecule has 0 fully saturated rings. The number of allylic oxidation sites excluding steroid dienone is 8. The fourth-order valence-electron chi connectivity index (χ4n) is 2.72. The molecule has 1 atom stereocenters. The first-order chi connectivity index (χ1) is 12.2. The Morgan fingerprint density at radius 3 is 1.46 bits per heavy atom. The van der Waals surface area contributed by atoms with Gasteiger partial charge in [0.25, 0.3) is 0 Å². The highest BCUT2D eigenvalue weighted by atomic mass is 16.3. The summed E-state index contributed by atoms with van der Waals surface area (Å²) >= 11 is 0. The molecule has 26 heavy (non-hydrogen) atoms. The molecular formula is C25H42O. The monoisotopic (exact) mass is 358 g/mol. The van der Waals surface area contributed by atoms with Crippen molar-refractivity contribution >= 4 is 0 Å². The summed E-state index contributed by atoms with van der Waals surface area (Å²) in [6.07, 6.45) is 17.6. The molecule has 0 aromatic carbocycles. The van der Waals surface area contributed by atoms with E-state index in [4.69, 9.17) is 0 Å². The van der Waals surface area contributed by atoms with E-state index in [0.717, 1.165) is 50.5 Å². The van der Waals surface area contributed by atoms with Crippen LogP contribution in [0.4, 0.5) is 0 Å².